The van der Waals surface area contributed by atoms with Crippen molar-refractivity contribution in [2.75, 3.05) is 13.7 Å². The lowest BCUT2D eigenvalue weighted by Crippen LogP contribution is -2.48. The highest BCUT2D eigenvalue weighted by Crippen LogP contribution is 2.47. The Morgan fingerprint density at radius 2 is 1.75 bits per heavy atom. The normalized spacial score (nSPS) is 20.8. The molecule has 2 radical (unpaired) electrons. The van der Waals surface area contributed by atoms with Gasteiger partial charge < -0.3 is 27.9 Å². The van der Waals surface area contributed by atoms with Gasteiger partial charge >= 0.3 is 5.97 Å². The summed E-state index contributed by atoms with van der Waals surface area (Å²) >= 11 is 3.55. The minimum atomic E-state index is -0.785. The van der Waals surface area contributed by atoms with Crippen molar-refractivity contribution >= 4 is 48.3 Å². The summed E-state index contributed by atoms with van der Waals surface area (Å²) < 4.78 is 33.2. The molecule has 1 fully saturated rings. The molecule has 1 aliphatic heterocycles. The predicted molar refractivity (Wildman–Crippen MR) is 174 cm³/mol. The van der Waals surface area contributed by atoms with E-state index in [0.717, 1.165) is 26.6 Å². The molecular weight excluding hydrogens is 642 g/mol. The Balaban J connectivity index is 1.47. The average molecular weight is 685 g/mol. The van der Waals surface area contributed by atoms with Gasteiger partial charge in [0.05, 0.1) is 23.8 Å². The molecule has 0 N–H and O–H groups in total. The number of halogens is 1. The molecular formula is C34H42BrNO7Si. The fourth-order valence-electron chi connectivity index (χ4n) is 6.22. The third kappa shape index (κ3) is 6.16. The number of hydrogen-bond acceptors (Lipinski definition) is 7. The molecule has 1 aliphatic carbocycles. The Hall–Kier alpha value is -2.50. The quantitative estimate of drug-likeness (QED) is 0.187. The number of carbonyl (C=O) groups excluding carboxylic acids is 2. The number of ketones is 1. The van der Waals surface area contributed by atoms with Crippen LogP contribution in [0.4, 0.5) is 0 Å². The van der Waals surface area contributed by atoms with Crippen molar-refractivity contribution in [2.24, 2.45) is 0 Å². The maximum atomic E-state index is 14.1. The number of rotatable bonds is 8. The minimum Gasteiger partial charge on any atom is -0.491 e. The fourth-order valence-corrected chi connectivity index (χ4v) is 7.25. The maximum Gasteiger partial charge on any atom is 0.325 e. The molecule has 0 unspecified atom stereocenters. The van der Waals surface area contributed by atoms with Gasteiger partial charge in [-0.3, -0.25) is 9.59 Å². The topological polar surface area (TPSA) is 85.2 Å². The summed E-state index contributed by atoms with van der Waals surface area (Å²) in [4.78, 5) is 26.6. The molecule has 44 heavy (non-hydrogen) atoms. The lowest BCUT2D eigenvalue weighted by Gasteiger charge is -2.36. The Kier molecular flexibility index (Phi) is 8.51. The van der Waals surface area contributed by atoms with Crippen LogP contribution in [-0.4, -0.2) is 63.4 Å². The van der Waals surface area contributed by atoms with Crippen LogP contribution < -0.4 is 4.74 Å². The summed E-state index contributed by atoms with van der Waals surface area (Å²) in [6.45, 7) is 18.7. The summed E-state index contributed by atoms with van der Waals surface area (Å²) in [7, 11) is 1.67. The van der Waals surface area contributed by atoms with Gasteiger partial charge in [-0.2, -0.15) is 0 Å². The highest BCUT2D eigenvalue weighted by molar-refractivity contribution is 9.10. The van der Waals surface area contributed by atoms with Gasteiger partial charge in [0.15, 0.2) is 11.6 Å². The molecule has 236 valence electrons. The molecule has 2 aliphatic rings. The first kappa shape index (κ1) is 32.9. The fraction of sp³-hybridized carbons (Fsp3) is 0.529. The Labute approximate surface area is 270 Å². The van der Waals surface area contributed by atoms with Crippen LogP contribution in [0.25, 0.3) is 10.9 Å². The van der Waals surface area contributed by atoms with Crippen molar-refractivity contribution in [3.63, 3.8) is 0 Å². The number of benzene rings is 2. The van der Waals surface area contributed by atoms with Crippen LogP contribution in [0.2, 0.25) is 5.04 Å². The van der Waals surface area contributed by atoms with Gasteiger partial charge in [0, 0.05) is 26.5 Å². The largest absolute Gasteiger partial charge is 0.491 e. The Morgan fingerprint density at radius 1 is 1.05 bits per heavy atom. The van der Waals surface area contributed by atoms with Gasteiger partial charge in [0.25, 0.3) is 0 Å². The molecule has 8 nitrogen and oxygen atoms in total. The van der Waals surface area contributed by atoms with Crippen molar-refractivity contribution in [3.05, 3.63) is 63.3 Å². The van der Waals surface area contributed by atoms with E-state index in [1.807, 2.05) is 68.7 Å². The van der Waals surface area contributed by atoms with Gasteiger partial charge in [-0.15, -0.1) is 0 Å². The molecule has 0 amide bonds. The molecule has 1 aromatic heterocycles. The lowest BCUT2D eigenvalue weighted by atomic mass is 9.71. The molecule has 2 aromatic carbocycles. The second-order valence-corrected chi connectivity index (χ2v) is 17.0. The highest BCUT2D eigenvalue weighted by atomic mass is 79.9. The minimum absolute atomic E-state index is 0.00907. The van der Waals surface area contributed by atoms with Gasteiger partial charge in [-0.05, 0) is 68.6 Å². The molecule has 0 saturated carbocycles. The second-order valence-electron chi connectivity index (χ2n) is 14.2. The van der Waals surface area contributed by atoms with E-state index in [0.29, 0.717) is 26.6 Å². The molecule has 0 spiro atoms. The summed E-state index contributed by atoms with van der Waals surface area (Å²) in [5.41, 5.74) is 2.41. The zero-order valence-electron chi connectivity index (χ0n) is 27.2. The molecule has 2 atom stereocenters. The zero-order valence-corrected chi connectivity index (χ0v) is 29.8. The van der Waals surface area contributed by atoms with Crippen LogP contribution >= 0.6 is 15.9 Å². The number of aromatic nitrogens is 1. The van der Waals surface area contributed by atoms with Crippen LogP contribution in [0.1, 0.15) is 89.5 Å². The first-order valence-corrected chi connectivity index (χ1v) is 16.6. The summed E-state index contributed by atoms with van der Waals surface area (Å²) in [5, 5.41) is 0.838. The first-order chi connectivity index (χ1) is 20.3. The molecule has 1 saturated heterocycles. The van der Waals surface area contributed by atoms with E-state index in [9.17, 15) is 9.59 Å². The van der Waals surface area contributed by atoms with Crippen molar-refractivity contribution in [2.45, 2.75) is 103 Å². The van der Waals surface area contributed by atoms with E-state index < -0.39 is 16.8 Å². The van der Waals surface area contributed by atoms with Gasteiger partial charge in [0.1, 0.15) is 31.1 Å². The number of ether oxygens (including phenoxy) is 4. The highest BCUT2D eigenvalue weighted by Gasteiger charge is 2.50. The molecule has 0 bridgehead atoms. The third-order valence-electron chi connectivity index (χ3n) is 8.17. The molecule has 10 heteroatoms. The van der Waals surface area contributed by atoms with E-state index in [4.69, 9.17) is 23.4 Å². The first-order valence-electron chi connectivity index (χ1n) is 14.9. The predicted octanol–water partition coefficient (Wildman–Crippen LogP) is 6.98. The van der Waals surface area contributed by atoms with E-state index in [-0.39, 0.29) is 42.2 Å². The Bertz CT molecular complexity index is 1620. The van der Waals surface area contributed by atoms with Gasteiger partial charge in [-0.25, -0.2) is 0 Å². The van der Waals surface area contributed by atoms with Crippen molar-refractivity contribution in [3.8, 4) is 5.75 Å². The van der Waals surface area contributed by atoms with Crippen LogP contribution in [-0.2, 0) is 35.4 Å². The van der Waals surface area contributed by atoms with Crippen molar-refractivity contribution in [1.29, 1.82) is 0 Å². The Morgan fingerprint density at radius 3 is 2.41 bits per heavy atom. The second kappa shape index (κ2) is 11.4. The third-order valence-corrected chi connectivity index (χ3v) is 9.91. The van der Waals surface area contributed by atoms with Crippen LogP contribution in [0.15, 0.2) is 40.9 Å². The van der Waals surface area contributed by atoms with Gasteiger partial charge in [0.2, 0.25) is 9.76 Å². The van der Waals surface area contributed by atoms with Gasteiger partial charge in [-0.1, -0.05) is 56.6 Å². The van der Waals surface area contributed by atoms with Crippen LogP contribution in [0, 0.1) is 0 Å². The standard InChI is InChI=1S/C34H42BrNO7Si/c1-31(2,3)44-43-33(6,7)30-25(41-34(8,9)42-30)18-40-20-12-14-21-23(16-20)32(4,5)29-27(28(21)38)22-13-11-19(35)15-24(22)36(29)17-26(37)39-10/h11-16,25,30H,17-18H2,1-10H3/t25-,30-/m1/s1. The van der Waals surface area contributed by atoms with Crippen LogP contribution in [0.5, 0.6) is 5.75 Å². The van der Waals surface area contributed by atoms with Crippen LogP contribution in [0.3, 0.4) is 0 Å². The number of hydrogen-bond donors (Lipinski definition) is 0. The summed E-state index contributed by atoms with van der Waals surface area (Å²) in [5.74, 6) is -0.632. The smallest absolute Gasteiger partial charge is 0.325 e. The molecule has 2 heterocycles. The van der Waals surface area contributed by atoms with Crippen molar-refractivity contribution < 1.29 is 33.0 Å². The van der Waals surface area contributed by atoms with E-state index >= 15 is 0 Å². The molecule has 3 aromatic rings. The molecule has 5 rings (SSSR count). The van der Waals surface area contributed by atoms with E-state index in [1.54, 1.807) is 0 Å². The van der Waals surface area contributed by atoms with Crippen molar-refractivity contribution in [1.82, 2.24) is 4.57 Å². The van der Waals surface area contributed by atoms with E-state index in [2.05, 4.69) is 50.5 Å². The number of fused-ring (bicyclic) bond motifs is 4. The zero-order chi connectivity index (χ0) is 32.4. The van der Waals surface area contributed by atoms with E-state index in [1.165, 1.54) is 7.11 Å². The number of nitrogens with zero attached hydrogens (tertiary/aromatic N) is 1. The summed E-state index contributed by atoms with van der Waals surface area (Å²) in [6.07, 6.45) is -0.720. The number of carbonyl (C=O) groups is 2. The summed E-state index contributed by atoms with van der Waals surface area (Å²) in [6, 6.07) is 11.4. The SMILES string of the molecule is COC(=O)Cn1c2c(c3ccc(Br)cc31)C(=O)c1ccc(OC[C@H]3OC(C)(C)O[C@H]3C(C)(C)O[Si]C(C)(C)C)cc1C2(C)C. The maximum absolute atomic E-state index is 14.1. The monoisotopic (exact) mass is 683 g/mol. The number of methoxy groups -OCH3 is 1. The average Bonchev–Trinajstić information content (AvgIpc) is 3.43. The number of esters is 1. The lowest BCUT2D eigenvalue weighted by molar-refractivity contribution is -0.162.